The highest BCUT2D eigenvalue weighted by Crippen LogP contribution is 2.37. The van der Waals surface area contributed by atoms with Gasteiger partial charge >= 0.3 is 0 Å². The van der Waals surface area contributed by atoms with Gasteiger partial charge in [-0.1, -0.05) is 35.9 Å². The Morgan fingerprint density at radius 3 is 2.39 bits per heavy atom. The summed E-state index contributed by atoms with van der Waals surface area (Å²) in [6.45, 7) is 4.20. The molecular weight excluding hydrogens is 422 g/mol. The van der Waals surface area contributed by atoms with E-state index in [1.54, 1.807) is 26.2 Å². The number of ether oxygens (including phenoxy) is 2. The highest BCUT2D eigenvalue weighted by Gasteiger charge is 2.14. The minimum Gasteiger partial charge on any atom is -0.490 e. The van der Waals surface area contributed by atoms with Gasteiger partial charge < -0.3 is 14.4 Å². The summed E-state index contributed by atoms with van der Waals surface area (Å²) in [7, 11) is 3.34. The first-order valence-electron chi connectivity index (χ1n) is 8.90. The number of ketones is 1. The van der Waals surface area contributed by atoms with E-state index in [1.807, 2.05) is 44.2 Å². The van der Waals surface area contributed by atoms with Crippen molar-refractivity contribution in [3.63, 3.8) is 0 Å². The van der Waals surface area contributed by atoms with Crippen LogP contribution in [-0.2, 0) is 4.79 Å². The van der Waals surface area contributed by atoms with Crippen molar-refractivity contribution in [1.82, 2.24) is 4.90 Å². The van der Waals surface area contributed by atoms with Gasteiger partial charge in [0.05, 0.1) is 11.1 Å². The monoisotopic (exact) mass is 445 g/mol. The summed E-state index contributed by atoms with van der Waals surface area (Å²) in [5.74, 6) is 0.734. The molecule has 0 spiro atoms. The van der Waals surface area contributed by atoms with Crippen molar-refractivity contribution >= 4 is 33.7 Å². The van der Waals surface area contributed by atoms with Crippen molar-refractivity contribution in [3.05, 3.63) is 63.6 Å². The molecule has 0 saturated carbocycles. The summed E-state index contributed by atoms with van der Waals surface area (Å²) in [4.78, 5) is 25.6. The first-order valence-corrected chi connectivity index (χ1v) is 9.69. The predicted molar refractivity (Wildman–Crippen MR) is 114 cm³/mol. The quantitative estimate of drug-likeness (QED) is 0.442. The third kappa shape index (κ3) is 5.96. The second-order valence-corrected chi connectivity index (χ2v) is 7.26. The maximum Gasteiger partial charge on any atom is 0.259 e. The molecule has 2 rings (SSSR count). The number of hydrogen-bond donors (Lipinski definition) is 0. The van der Waals surface area contributed by atoms with E-state index >= 15 is 0 Å². The number of hydrogen-bond acceptors (Lipinski definition) is 4. The van der Waals surface area contributed by atoms with Crippen LogP contribution in [0.1, 0.15) is 28.4 Å². The van der Waals surface area contributed by atoms with Crippen LogP contribution >= 0.6 is 15.9 Å². The highest BCUT2D eigenvalue weighted by atomic mass is 79.9. The Morgan fingerprint density at radius 2 is 1.79 bits per heavy atom. The summed E-state index contributed by atoms with van der Waals surface area (Å²) in [6, 6.07) is 11.0. The van der Waals surface area contributed by atoms with Crippen molar-refractivity contribution < 1.29 is 19.1 Å². The molecular formula is C22H24BrNO4. The normalized spacial score (nSPS) is 10.8. The van der Waals surface area contributed by atoms with Crippen LogP contribution in [0.25, 0.3) is 6.08 Å². The molecule has 0 fully saturated rings. The van der Waals surface area contributed by atoms with Crippen LogP contribution < -0.4 is 9.47 Å². The minimum atomic E-state index is -0.151. The van der Waals surface area contributed by atoms with E-state index in [0.717, 1.165) is 11.1 Å². The van der Waals surface area contributed by atoms with Crippen LogP contribution in [0.2, 0.25) is 0 Å². The Bertz CT molecular complexity index is 873. The molecule has 148 valence electrons. The maximum atomic E-state index is 12.3. The van der Waals surface area contributed by atoms with Crippen LogP contribution in [0.15, 0.2) is 46.9 Å². The molecule has 5 nitrogen and oxygen atoms in total. The molecule has 28 heavy (non-hydrogen) atoms. The zero-order valence-corrected chi connectivity index (χ0v) is 18.1. The Hall–Kier alpha value is -2.60. The van der Waals surface area contributed by atoms with Crippen LogP contribution in [0, 0.1) is 6.92 Å². The minimum absolute atomic E-state index is 0.0778. The first kappa shape index (κ1) is 21.7. The molecule has 0 aromatic heterocycles. The lowest BCUT2D eigenvalue weighted by atomic mass is 10.1. The number of benzene rings is 2. The molecule has 2 aromatic rings. The Morgan fingerprint density at radius 1 is 1.11 bits per heavy atom. The van der Waals surface area contributed by atoms with Crippen molar-refractivity contribution in [3.8, 4) is 11.5 Å². The average Bonchev–Trinajstić information content (AvgIpc) is 2.66. The first-order chi connectivity index (χ1) is 13.3. The third-order valence-corrected chi connectivity index (χ3v) is 4.52. The van der Waals surface area contributed by atoms with E-state index in [1.165, 1.54) is 11.0 Å². The van der Waals surface area contributed by atoms with Gasteiger partial charge in [0.2, 0.25) is 0 Å². The van der Waals surface area contributed by atoms with Gasteiger partial charge in [0.1, 0.15) is 0 Å². The van der Waals surface area contributed by atoms with Gasteiger partial charge in [0.25, 0.3) is 5.91 Å². The number of carbonyl (C=O) groups excluding carboxylic acids is 2. The maximum absolute atomic E-state index is 12.3. The SMILES string of the molecule is CCOc1cc(C=CC(=O)c2ccc(C)cc2)cc(Br)c1OCC(=O)N(C)C. The van der Waals surface area contributed by atoms with Crippen molar-refractivity contribution in [2.45, 2.75) is 13.8 Å². The highest BCUT2D eigenvalue weighted by molar-refractivity contribution is 9.10. The molecule has 0 aliphatic heterocycles. The van der Waals surface area contributed by atoms with Gasteiger partial charge in [-0.3, -0.25) is 9.59 Å². The fraction of sp³-hybridized carbons (Fsp3) is 0.273. The lowest BCUT2D eigenvalue weighted by Gasteiger charge is -2.16. The summed E-state index contributed by atoms with van der Waals surface area (Å²) < 4.78 is 12.0. The van der Waals surface area contributed by atoms with Crippen LogP contribution in [-0.4, -0.2) is 43.9 Å². The molecule has 2 aromatic carbocycles. The fourth-order valence-corrected chi connectivity index (χ4v) is 2.91. The van der Waals surface area contributed by atoms with Gasteiger partial charge in [-0.25, -0.2) is 0 Å². The fourth-order valence-electron chi connectivity index (χ4n) is 2.34. The Kier molecular flexibility index (Phi) is 7.81. The number of nitrogens with zero attached hydrogens (tertiary/aromatic N) is 1. The van der Waals surface area contributed by atoms with Gasteiger partial charge in [-0.05, 0) is 53.5 Å². The standard InChI is InChI=1S/C22H24BrNO4/c1-5-27-20-13-16(8-11-19(25)17-9-6-15(2)7-10-17)12-18(23)22(20)28-14-21(26)24(3)4/h6-13H,5,14H2,1-4H3. The van der Waals surface area contributed by atoms with Crippen LogP contribution in [0.5, 0.6) is 11.5 Å². The molecule has 0 saturated heterocycles. The van der Waals surface area contributed by atoms with E-state index in [-0.39, 0.29) is 18.3 Å². The van der Waals surface area contributed by atoms with Gasteiger partial charge in [0.15, 0.2) is 23.9 Å². The molecule has 0 bridgehead atoms. The summed E-state index contributed by atoms with van der Waals surface area (Å²) >= 11 is 3.47. The number of rotatable bonds is 8. The largest absolute Gasteiger partial charge is 0.490 e. The van der Waals surface area contributed by atoms with Crippen LogP contribution in [0.3, 0.4) is 0 Å². The van der Waals surface area contributed by atoms with Gasteiger partial charge in [-0.15, -0.1) is 0 Å². The molecule has 6 heteroatoms. The molecule has 0 unspecified atom stereocenters. The van der Waals surface area contributed by atoms with Crippen LogP contribution in [0.4, 0.5) is 0 Å². The number of likely N-dealkylation sites (N-methyl/N-ethyl adjacent to an activating group) is 1. The van der Waals surface area contributed by atoms with Crippen molar-refractivity contribution in [2.75, 3.05) is 27.3 Å². The van der Waals surface area contributed by atoms with Gasteiger partial charge in [0, 0.05) is 19.7 Å². The summed E-state index contributed by atoms with van der Waals surface area (Å²) in [5, 5.41) is 0. The third-order valence-electron chi connectivity index (χ3n) is 3.93. The smallest absolute Gasteiger partial charge is 0.259 e. The zero-order valence-electron chi connectivity index (χ0n) is 16.5. The molecule has 0 atom stereocenters. The zero-order chi connectivity index (χ0) is 20.7. The number of halogens is 1. The van der Waals surface area contributed by atoms with E-state index in [2.05, 4.69) is 15.9 Å². The van der Waals surface area contributed by atoms with Crippen molar-refractivity contribution in [2.24, 2.45) is 0 Å². The number of amides is 1. The lowest BCUT2D eigenvalue weighted by molar-refractivity contribution is -0.130. The summed E-state index contributed by atoms with van der Waals surface area (Å²) in [5.41, 5.74) is 2.52. The Labute approximate surface area is 174 Å². The molecule has 0 heterocycles. The molecule has 1 amide bonds. The predicted octanol–water partition coefficient (Wildman–Crippen LogP) is 4.52. The van der Waals surface area contributed by atoms with E-state index in [9.17, 15) is 9.59 Å². The number of allylic oxidation sites excluding steroid dienone is 1. The van der Waals surface area contributed by atoms with Crippen molar-refractivity contribution in [1.29, 1.82) is 0 Å². The number of aryl methyl sites for hydroxylation is 1. The van der Waals surface area contributed by atoms with E-state index in [0.29, 0.717) is 28.1 Å². The van der Waals surface area contributed by atoms with Gasteiger partial charge in [-0.2, -0.15) is 0 Å². The molecule has 0 aliphatic carbocycles. The average molecular weight is 446 g/mol. The topological polar surface area (TPSA) is 55.8 Å². The second kappa shape index (κ2) is 10.1. The number of carbonyl (C=O) groups is 2. The molecule has 0 radical (unpaired) electrons. The summed E-state index contributed by atoms with van der Waals surface area (Å²) in [6.07, 6.45) is 3.25. The van der Waals surface area contributed by atoms with E-state index in [4.69, 9.17) is 9.47 Å². The van der Waals surface area contributed by atoms with E-state index < -0.39 is 0 Å². The second-order valence-electron chi connectivity index (χ2n) is 6.40. The molecule has 0 N–H and O–H groups in total. The Balaban J connectivity index is 2.22. The lowest BCUT2D eigenvalue weighted by Crippen LogP contribution is -2.27. The molecule has 0 aliphatic rings.